The Hall–Kier alpha value is -1.79. The maximum absolute atomic E-state index is 13.0. The molecule has 1 N–H and O–H groups in total. The molecule has 1 aromatic carbocycles. The summed E-state index contributed by atoms with van der Waals surface area (Å²) in [5.41, 5.74) is 1.40. The van der Waals surface area contributed by atoms with Crippen molar-refractivity contribution >= 4 is 40.6 Å². The van der Waals surface area contributed by atoms with Crippen LogP contribution in [0.2, 0.25) is 0 Å². The van der Waals surface area contributed by atoms with E-state index in [1.54, 1.807) is 11.3 Å². The molecule has 0 saturated carbocycles. The van der Waals surface area contributed by atoms with E-state index in [0.29, 0.717) is 5.56 Å². The average Bonchev–Trinajstić information content (AvgIpc) is 3.25. The van der Waals surface area contributed by atoms with Crippen molar-refractivity contribution in [2.75, 3.05) is 11.9 Å². The first-order valence-electron chi connectivity index (χ1n) is 8.09. The second-order valence-electron chi connectivity index (χ2n) is 6.13. The van der Waals surface area contributed by atoms with Crippen LogP contribution in [-0.4, -0.2) is 28.5 Å². The first-order valence-corrected chi connectivity index (χ1v) is 9.85. The van der Waals surface area contributed by atoms with Crippen LogP contribution in [0.25, 0.3) is 0 Å². The van der Waals surface area contributed by atoms with Crippen molar-refractivity contribution < 1.29 is 9.59 Å². The molecular formula is C18H18N2O2S2. The minimum Gasteiger partial charge on any atom is -0.331 e. The van der Waals surface area contributed by atoms with Gasteiger partial charge in [-0.3, -0.25) is 9.59 Å². The van der Waals surface area contributed by atoms with Crippen molar-refractivity contribution in [3.8, 4) is 0 Å². The molecule has 3 heterocycles. The van der Waals surface area contributed by atoms with Crippen LogP contribution in [0.15, 0.2) is 40.6 Å². The summed E-state index contributed by atoms with van der Waals surface area (Å²) >= 11 is 3.24. The highest BCUT2D eigenvalue weighted by molar-refractivity contribution is 8.00. The van der Waals surface area contributed by atoms with Gasteiger partial charge >= 0.3 is 0 Å². The van der Waals surface area contributed by atoms with Gasteiger partial charge in [0.15, 0.2) is 0 Å². The molecule has 0 unspecified atom stereocenters. The van der Waals surface area contributed by atoms with Gasteiger partial charge in [0.2, 0.25) is 5.91 Å². The number of amides is 2. The maximum Gasteiger partial charge on any atom is 0.254 e. The van der Waals surface area contributed by atoms with Crippen molar-refractivity contribution in [2.24, 2.45) is 0 Å². The second kappa shape index (κ2) is 6.26. The number of rotatable bonds is 2. The van der Waals surface area contributed by atoms with E-state index in [-0.39, 0.29) is 23.1 Å². The van der Waals surface area contributed by atoms with E-state index in [1.807, 2.05) is 36.1 Å². The molecule has 124 valence electrons. The topological polar surface area (TPSA) is 49.4 Å². The molecule has 0 radical (unpaired) electrons. The lowest BCUT2D eigenvalue weighted by molar-refractivity contribution is -0.115. The number of likely N-dealkylation sites (tertiary alicyclic amines) is 1. The number of anilines is 1. The molecule has 1 aromatic heterocycles. The fraction of sp³-hybridized carbons (Fsp3) is 0.333. The number of carbonyl (C=O) groups excluding carboxylic acids is 2. The van der Waals surface area contributed by atoms with E-state index in [2.05, 4.69) is 16.8 Å². The predicted octanol–water partition coefficient (Wildman–Crippen LogP) is 4.16. The highest BCUT2D eigenvalue weighted by atomic mass is 32.2. The van der Waals surface area contributed by atoms with Gasteiger partial charge in [0, 0.05) is 21.9 Å². The fourth-order valence-electron chi connectivity index (χ4n) is 3.29. The van der Waals surface area contributed by atoms with E-state index in [0.717, 1.165) is 30.0 Å². The summed E-state index contributed by atoms with van der Waals surface area (Å²) in [5.74, 6) is 0.0429. The Balaban J connectivity index is 1.61. The van der Waals surface area contributed by atoms with E-state index < -0.39 is 0 Å². The molecule has 6 heteroatoms. The normalized spacial score (nSPS) is 23.0. The van der Waals surface area contributed by atoms with E-state index in [1.165, 1.54) is 16.6 Å². The standard InChI is InChI=1S/C18H18N2O2S2/c1-11-17(21)19-13-10-12(6-7-15(13)24-11)18(22)20-8-2-4-14(20)16-5-3-9-23-16/h3,5-7,9-11,14H,2,4,8H2,1H3,(H,19,21)/t11-,14-/m1/s1. The monoisotopic (exact) mass is 358 g/mol. The summed E-state index contributed by atoms with van der Waals surface area (Å²) in [6.45, 7) is 2.68. The number of hydrogen-bond donors (Lipinski definition) is 1. The molecule has 2 atom stereocenters. The quantitative estimate of drug-likeness (QED) is 0.877. The van der Waals surface area contributed by atoms with Crippen LogP contribution in [0.5, 0.6) is 0 Å². The largest absolute Gasteiger partial charge is 0.331 e. The molecule has 2 aliphatic rings. The number of thiophene rings is 1. The van der Waals surface area contributed by atoms with Gasteiger partial charge in [0.1, 0.15) is 0 Å². The minimum absolute atomic E-state index is 0.00488. The molecule has 0 bridgehead atoms. The number of carbonyl (C=O) groups is 2. The summed E-state index contributed by atoms with van der Waals surface area (Å²) in [4.78, 5) is 29.1. The summed E-state index contributed by atoms with van der Waals surface area (Å²) in [6, 6.07) is 9.96. The first kappa shape index (κ1) is 15.7. The molecule has 1 fully saturated rings. The molecular weight excluding hydrogens is 340 g/mol. The van der Waals surface area contributed by atoms with Gasteiger partial charge in [-0.1, -0.05) is 6.07 Å². The number of thioether (sulfide) groups is 1. The lowest BCUT2D eigenvalue weighted by atomic mass is 10.1. The van der Waals surface area contributed by atoms with Crippen molar-refractivity contribution in [1.29, 1.82) is 0 Å². The molecule has 1 saturated heterocycles. The summed E-state index contributed by atoms with van der Waals surface area (Å²) < 4.78 is 0. The third-order valence-electron chi connectivity index (χ3n) is 4.54. The summed E-state index contributed by atoms with van der Waals surface area (Å²) in [7, 11) is 0. The van der Waals surface area contributed by atoms with Crippen LogP contribution in [0.4, 0.5) is 5.69 Å². The molecule has 0 spiro atoms. The number of nitrogens with zero attached hydrogens (tertiary/aromatic N) is 1. The fourth-order valence-corrected chi connectivity index (χ4v) is 5.10. The van der Waals surface area contributed by atoms with Crippen LogP contribution in [0, 0.1) is 0 Å². The molecule has 2 aliphatic heterocycles. The lowest BCUT2D eigenvalue weighted by Gasteiger charge is -2.26. The SMILES string of the molecule is C[C@H]1Sc2ccc(C(=O)N3CCC[C@@H]3c3cccs3)cc2NC1=O. The van der Waals surface area contributed by atoms with Crippen molar-refractivity contribution in [2.45, 2.75) is 36.0 Å². The summed E-state index contributed by atoms with van der Waals surface area (Å²) in [5, 5.41) is 4.87. The Morgan fingerprint density at radius 3 is 3.00 bits per heavy atom. The number of hydrogen-bond acceptors (Lipinski definition) is 4. The third kappa shape index (κ3) is 2.74. The van der Waals surface area contributed by atoms with Gasteiger partial charge in [-0.25, -0.2) is 0 Å². The maximum atomic E-state index is 13.0. The lowest BCUT2D eigenvalue weighted by Crippen LogP contribution is -2.31. The molecule has 2 amide bonds. The van der Waals surface area contributed by atoms with Gasteiger partial charge in [0.25, 0.3) is 5.91 Å². The zero-order valence-corrected chi connectivity index (χ0v) is 15.0. The third-order valence-corrected chi connectivity index (χ3v) is 6.69. The van der Waals surface area contributed by atoms with Gasteiger partial charge < -0.3 is 10.2 Å². The molecule has 0 aliphatic carbocycles. The number of benzene rings is 1. The van der Waals surface area contributed by atoms with Crippen molar-refractivity contribution in [3.05, 3.63) is 46.2 Å². The minimum atomic E-state index is -0.0964. The zero-order chi connectivity index (χ0) is 16.7. The zero-order valence-electron chi connectivity index (χ0n) is 13.3. The Morgan fingerprint density at radius 1 is 1.33 bits per heavy atom. The van der Waals surface area contributed by atoms with Crippen LogP contribution < -0.4 is 5.32 Å². The Labute approximate surface area is 149 Å². The van der Waals surface area contributed by atoms with E-state index in [4.69, 9.17) is 0 Å². The first-order chi connectivity index (χ1) is 11.6. The molecule has 4 rings (SSSR count). The highest BCUT2D eigenvalue weighted by Crippen LogP contribution is 2.38. The molecule has 2 aromatic rings. The second-order valence-corrected chi connectivity index (χ2v) is 8.49. The van der Waals surface area contributed by atoms with Crippen LogP contribution in [0.1, 0.15) is 41.0 Å². The van der Waals surface area contributed by atoms with E-state index >= 15 is 0 Å². The average molecular weight is 358 g/mol. The number of nitrogens with one attached hydrogen (secondary N) is 1. The highest BCUT2D eigenvalue weighted by Gasteiger charge is 2.32. The van der Waals surface area contributed by atoms with Crippen LogP contribution in [0.3, 0.4) is 0 Å². The van der Waals surface area contributed by atoms with Gasteiger partial charge in [-0.05, 0) is 49.4 Å². The Morgan fingerprint density at radius 2 is 2.21 bits per heavy atom. The van der Waals surface area contributed by atoms with Crippen molar-refractivity contribution in [1.82, 2.24) is 4.90 Å². The van der Waals surface area contributed by atoms with Crippen LogP contribution >= 0.6 is 23.1 Å². The van der Waals surface area contributed by atoms with Gasteiger partial charge in [-0.15, -0.1) is 23.1 Å². The van der Waals surface area contributed by atoms with Crippen LogP contribution in [-0.2, 0) is 4.79 Å². The van der Waals surface area contributed by atoms with E-state index in [9.17, 15) is 9.59 Å². The smallest absolute Gasteiger partial charge is 0.254 e. The van der Waals surface area contributed by atoms with Gasteiger partial charge in [-0.2, -0.15) is 0 Å². The summed E-state index contributed by atoms with van der Waals surface area (Å²) in [6.07, 6.45) is 2.05. The predicted molar refractivity (Wildman–Crippen MR) is 97.7 cm³/mol. The number of fused-ring (bicyclic) bond motifs is 1. The Bertz CT molecular complexity index is 788. The molecule has 4 nitrogen and oxygen atoms in total. The van der Waals surface area contributed by atoms with Gasteiger partial charge in [0.05, 0.1) is 17.0 Å². The van der Waals surface area contributed by atoms with Crippen molar-refractivity contribution in [3.63, 3.8) is 0 Å². The Kier molecular flexibility index (Phi) is 4.10. The molecule has 24 heavy (non-hydrogen) atoms.